The standard InChI is InChI=1S/C17H19N5O2S/c1-22(2)15-14(25-16(19-15)11-7-5-4-6-8-11)13-9-12(20-21-13)10-18-17(23)24-3/h4-9H,10H2,1-3H3,(H,18,23)(H,20,21). The number of carbonyl (C=O) groups is 1. The Kier molecular flexibility index (Phi) is 4.99. The van der Waals surface area contributed by atoms with Crippen molar-refractivity contribution in [2.24, 2.45) is 0 Å². The Morgan fingerprint density at radius 1 is 1.32 bits per heavy atom. The molecule has 0 saturated heterocycles. The predicted octanol–water partition coefficient (Wildman–Crippen LogP) is 3.12. The largest absolute Gasteiger partial charge is 0.453 e. The van der Waals surface area contributed by atoms with Gasteiger partial charge in [0.15, 0.2) is 0 Å². The Morgan fingerprint density at radius 2 is 2.08 bits per heavy atom. The van der Waals surface area contributed by atoms with Crippen LogP contribution in [0.15, 0.2) is 36.4 Å². The molecule has 0 bridgehead atoms. The van der Waals surface area contributed by atoms with Crippen LogP contribution in [0.25, 0.3) is 21.1 Å². The highest BCUT2D eigenvalue weighted by Gasteiger charge is 2.18. The fourth-order valence-electron chi connectivity index (χ4n) is 2.29. The van der Waals surface area contributed by atoms with E-state index in [0.717, 1.165) is 32.7 Å². The minimum absolute atomic E-state index is 0.321. The number of aromatic nitrogens is 3. The first kappa shape index (κ1) is 17.0. The molecule has 25 heavy (non-hydrogen) atoms. The molecule has 1 aromatic carbocycles. The summed E-state index contributed by atoms with van der Waals surface area (Å²) < 4.78 is 4.57. The van der Waals surface area contributed by atoms with Gasteiger partial charge in [-0.25, -0.2) is 9.78 Å². The average Bonchev–Trinajstić information content (AvgIpc) is 3.27. The van der Waals surface area contributed by atoms with Gasteiger partial charge in [0.25, 0.3) is 0 Å². The summed E-state index contributed by atoms with van der Waals surface area (Å²) in [5.74, 6) is 0.864. The molecule has 2 heterocycles. The summed E-state index contributed by atoms with van der Waals surface area (Å²) in [5.41, 5.74) is 2.66. The smallest absolute Gasteiger partial charge is 0.407 e. The molecule has 0 atom stereocenters. The molecule has 8 heteroatoms. The highest BCUT2D eigenvalue weighted by Crippen LogP contribution is 2.38. The van der Waals surface area contributed by atoms with Crippen molar-refractivity contribution < 1.29 is 9.53 Å². The van der Waals surface area contributed by atoms with Gasteiger partial charge in [-0.15, -0.1) is 11.3 Å². The average molecular weight is 357 g/mol. The Bertz CT molecular complexity index is 857. The molecule has 0 aliphatic carbocycles. The second-order valence-electron chi connectivity index (χ2n) is 5.56. The van der Waals surface area contributed by atoms with Crippen LogP contribution in [0.1, 0.15) is 5.69 Å². The van der Waals surface area contributed by atoms with Crippen LogP contribution in [-0.2, 0) is 11.3 Å². The van der Waals surface area contributed by atoms with Crippen molar-refractivity contribution in [3.8, 4) is 21.1 Å². The van der Waals surface area contributed by atoms with Crippen molar-refractivity contribution in [2.75, 3.05) is 26.1 Å². The lowest BCUT2D eigenvalue weighted by Gasteiger charge is -2.09. The lowest BCUT2D eigenvalue weighted by Crippen LogP contribution is -2.22. The predicted molar refractivity (Wildman–Crippen MR) is 98.7 cm³/mol. The van der Waals surface area contributed by atoms with Gasteiger partial charge in [0.2, 0.25) is 0 Å². The highest BCUT2D eigenvalue weighted by molar-refractivity contribution is 7.19. The zero-order chi connectivity index (χ0) is 17.8. The molecular weight excluding hydrogens is 338 g/mol. The van der Waals surface area contributed by atoms with E-state index in [1.807, 2.05) is 55.4 Å². The first-order chi connectivity index (χ1) is 12.1. The number of amides is 1. The minimum atomic E-state index is -0.478. The summed E-state index contributed by atoms with van der Waals surface area (Å²) >= 11 is 1.59. The molecule has 2 aromatic heterocycles. The quantitative estimate of drug-likeness (QED) is 0.733. The van der Waals surface area contributed by atoms with Crippen molar-refractivity contribution in [1.29, 1.82) is 0 Å². The third kappa shape index (κ3) is 3.80. The van der Waals surface area contributed by atoms with E-state index < -0.39 is 6.09 Å². The van der Waals surface area contributed by atoms with Crippen LogP contribution in [-0.4, -0.2) is 42.5 Å². The molecule has 0 fully saturated rings. The van der Waals surface area contributed by atoms with E-state index >= 15 is 0 Å². The number of nitrogens with one attached hydrogen (secondary N) is 2. The van der Waals surface area contributed by atoms with Gasteiger partial charge in [0, 0.05) is 19.7 Å². The van der Waals surface area contributed by atoms with E-state index in [0.29, 0.717) is 6.54 Å². The van der Waals surface area contributed by atoms with Crippen molar-refractivity contribution >= 4 is 23.2 Å². The first-order valence-corrected chi connectivity index (χ1v) is 8.50. The van der Waals surface area contributed by atoms with E-state index in [-0.39, 0.29) is 0 Å². The topological polar surface area (TPSA) is 83.1 Å². The maximum absolute atomic E-state index is 11.2. The minimum Gasteiger partial charge on any atom is -0.453 e. The first-order valence-electron chi connectivity index (χ1n) is 7.68. The normalized spacial score (nSPS) is 10.5. The maximum atomic E-state index is 11.2. The number of anilines is 1. The maximum Gasteiger partial charge on any atom is 0.407 e. The summed E-state index contributed by atoms with van der Waals surface area (Å²) in [6.45, 7) is 0.321. The number of carbonyl (C=O) groups excluding carboxylic acids is 1. The Hall–Kier alpha value is -2.87. The Balaban J connectivity index is 1.90. The number of H-pyrrole nitrogens is 1. The van der Waals surface area contributed by atoms with Gasteiger partial charge < -0.3 is 15.0 Å². The van der Waals surface area contributed by atoms with E-state index in [1.165, 1.54) is 7.11 Å². The molecule has 3 rings (SSSR count). The number of benzene rings is 1. The van der Waals surface area contributed by atoms with Gasteiger partial charge in [-0.3, -0.25) is 5.10 Å². The van der Waals surface area contributed by atoms with Gasteiger partial charge in [-0.1, -0.05) is 30.3 Å². The van der Waals surface area contributed by atoms with Gasteiger partial charge >= 0.3 is 6.09 Å². The highest BCUT2D eigenvalue weighted by atomic mass is 32.1. The third-order valence-corrected chi connectivity index (χ3v) is 4.64. The van der Waals surface area contributed by atoms with E-state index in [1.54, 1.807) is 11.3 Å². The molecule has 0 spiro atoms. The molecule has 130 valence electrons. The number of alkyl carbamates (subject to hydrolysis) is 1. The van der Waals surface area contributed by atoms with Crippen LogP contribution in [0.2, 0.25) is 0 Å². The van der Waals surface area contributed by atoms with Crippen molar-refractivity contribution in [3.05, 3.63) is 42.1 Å². The van der Waals surface area contributed by atoms with Gasteiger partial charge in [-0.05, 0) is 6.07 Å². The van der Waals surface area contributed by atoms with Crippen molar-refractivity contribution in [1.82, 2.24) is 20.5 Å². The van der Waals surface area contributed by atoms with Crippen LogP contribution in [0.4, 0.5) is 10.6 Å². The van der Waals surface area contributed by atoms with E-state index in [4.69, 9.17) is 4.98 Å². The Labute approximate surface area is 149 Å². The van der Waals surface area contributed by atoms with Gasteiger partial charge in [0.1, 0.15) is 16.5 Å². The molecule has 3 aromatic rings. The summed E-state index contributed by atoms with van der Waals surface area (Å²) in [6.07, 6.45) is -0.478. The van der Waals surface area contributed by atoms with Gasteiger partial charge in [-0.2, -0.15) is 5.10 Å². The molecule has 7 nitrogen and oxygen atoms in total. The monoisotopic (exact) mass is 357 g/mol. The zero-order valence-electron chi connectivity index (χ0n) is 14.2. The molecular formula is C17H19N5O2S. The molecule has 1 amide bonds. The third-order valence-electron chi connectivity index (χ3n) is 3.53. The van der Waals surface area contributed by atoms with Crippen LogP contribution in [0.3, 0.4) is 0 Å². The van der Waals surface area contributed by atoms with Crippen LogP contribution >= 0.6 is 11.3 Å². The number of hydrogen-bond acceptors (Lipinski definition) is 6. The summed E-state index contributed by atoms with van der Waals surface area (Å²) in [4.78, 5) is 18.9. The summed E-state index contributed by atoms with van der Waals surface area (Å²) in [6, 6.07) is 12.0. The number of hydrogen-bond donors (Lipinski definition) is 2. The number of thiazole rings is 1. The molecule has 0 aliphatic rings. The SMILES string of the molecule is COC(=O)NCc1cc(-c2sc(-c3ccccc3)nc2N(C)C)n[nH]1. The second-order valence-corrected chi connectivity index (χ2v) is 6.55. The lowest BCUT2D eigenvalue weighted by atomic mass is 10.2. The molecule has 0 radical (unpaired) electrons. The number of aromatic amines is 1. The number of ether oxygens (including phenoxy) is 1. The Morgan fingerprint density at radius 3 is 2.76 bits per heavy atom. The molecule has 0 aliphatic heterocycles. The van der Waals surface area contributed by atoms with Crippen LogP contribution in [0, 0.1) is 0 Å². The number of nitrogens with zero attached hydrogens (tertiary/aromatic N) is 3. The van der Waals surface area contributed by atoms with Crippen LogP contribution in [0.5, 0.6) is 0 Å². The summed E-state index contributed by atoms with van der Waals surface area (Å²) in [5, 5.41) is 10.9. The summed E-state index contributed by atoms with van der Waals surface area (Å²) in [7, 11) is 5.25. The molecule has 0 unspecified atom stereocenters. The fraction of sp³-hybridized carbons (Fsp3) is 0.235. The molecule has 2 N–H and O–H groups in total. The second kappa shape index (κ2) is 7.35. The zero-order valence-corrected chi connectivity index (χ0v) is 15.1. The lowest BCUT2D eigenvalue weighted by molar-refractivity contribution is 0.170. The van der Waals surface area contributed by atoms with Crippen LogP contribution < -0.4 is 10.2 Å². The van der Waals surface area contributed by atoms with Gasteiger partial charge in [0.05, 0.1) is 24.2 Å². The fourth-order valence-corrected chi connectivity index (χ4v) is 3.40. The number of methoxy groups -OCH3 is 1. The van der Waals surface area contributed by atoms with Crippen molar-refractivity contribution in [2.45, 2.75) is 6.54 Å². The van der Waals surface area contributed by atoms with E-state index in [2.05, 4.69) is 20.3 Å². The molecule has 0 saturated carbocycles. The van der Waals surface area contributed by atoms with Crippen molar-refractivity contribution in [3.63, 3.8) is 0 Å². The number of rotatable bonds is 5. The van der Waals surface area contributed by atoms with E-state index in [9.17, 15) is 4.79 Å².